The molecule has 0 heterocycles. The summed E-state index contributed by atoms with van der Waals surface area (Å²) in [6.07, 6.45) is 6.97. The molecule has 2 N–H and O–H groups in total. The number of benzene rings is 4. The Hall–Kier alpha value is -3.17. The first-order chi connectivity index (χ1) is 27.4. The number of hydrogen-bond donors (Lipinski definition) is 2. The Morgan fingerprint density at radius 2 is 1.00 bits per heavy atom. The van der Waals surface area contributed by atoms with Crippen LogP contribution in [0.1, 0.15) is 130 Å². The van der Waals surface area contributed by atoms with Crippen LogP contribution in [-0.2, 0) is 25.8 Å². The Kier molecular flexibility index (Phi) is 13.1. The molecule has 6 rings (SSSR count). The molecule has 0 aliphatic heterocycles. The number of aryl methyl sites for hydroxylation is 4. The Bertz CT molecular complexity index is 2200. The molecule has 0 spiro atoms. The van der Waals surface area contributed by atoms with Crippen molar-refractivity contribution in [2.24, 2.45) is 11.8 Å². The molecule has 0 saturated heterocycles. The van der Waals surface area contributed by atoms with Crippen LogP contribution in [-0.4, -0.2) is 16.3 Å². The van der Waals surface area contributed by atoms with Crippen molar-refractivity contribution in [1.82, 2.24) is 10.5 Å². The van der Waals surface area contributed by atoms with Crippen molar-refractivity contribution in [2.45, 2.75) is 116 Å². The van der Waals surface area contributed by atoms with E-state index in [1.807, 2.05) is 13.8 Å². The van der Waals surface area contributed by atoms with Crippen LogP contribution >= 0.6 is 17.0 Å². The third kappa shape index (κ3) is 7.58. The minimum atomic E-state index is -6.11. The zero-order valence-corrected chi connectivity index (χ0v) is 40.7. The number of hydrogen-bond acceptors (Lipinski definition) is 2. The quantitative estimate of drug-likeness (QED) is 0.131. The van der Waals surface area contributed by atoms with E-state index in [1.54, 1.807) is 0 Å². The van der Waals surface area contributed by atoms with Crippen LogP contribution in [0.4, 0.5) is 0 Å². The second kappa shape index (κ2) is 17.1. The fourth-order valence-corrected chi connectivity index (χ4v) is 30.6. The molecular weight excluding hydrogens is 834 g/mol. The maximum absolute atomic E-state index is 13.9. The minimum absolute atomic E-state index is 0.126. The fourth-order valence-electron chi connectivity index (χ4n) is 9.85. The van der Waals surface area contributed by atoms with Crippen molar-refractivity contribution < 1.29 is 25.8 Å². The van der Waals surface area contributed by atoms with Gasteiger partial charge in [-0.15, -0.1) is 0 Å². The van der Waals surface area contributed by atoms with Crippen LogP contribution in [0.3, 0.4) is 0 Å². The third-order valence-corrected chi connectivity index (χ3v) is 33.4. The molecule has 0 radical (unpaired) electrons. The van der Waals surface area contributed by atoms with Crippen molar-refractivity contribution in [2.75, 3.05) is 0 Å². The van der Waals surface area contributed by atoms with Crippen molar-refractivity contribution >= 4 is 45.5 Å². The van der Waals surface area contributed by atoms with Gasteiger partial charge in [-0.1, -0.05) is 0 Å². The van der Waals surface area contributed by atoms with Gasteiger partial charge in [0.15, 0.2) is 0 Å². The van der Waals surface area contributed by atoms with E-state index >= 15 is 0 Å². The number of fused-ring (bicyclic) bond motifs is 2. The third-order valence-electron chi connectivity index (χ3n) is 13.7. The SMILES string of the molecule is CCC(=O)N[B](NC(=O)CC)[Zr]([Cl])([Cl])([CH]1C(C(C)CC)=Cc2c(-c3cc(C)cc(C)c3C)cccc21)[CH]1C(C(C)CC)=Cc2c(-c3cc(C)cc(C)c3C)cccc21. The van der Waals surface area contributed by atoms with E-state index in [9.17, 15) is 9.59 Å². The first-order valence-corrected chi connectivity index (χ1v) is 32.0. The van der Waals surface area contributed by atoms with Crippen molar-refractivity contribution in [3.63, 3.8) is 0 Å². The molecule has 2 amide bonds. The second-order valence-electron chi connectivity index (χ2n) is 17.4. The van der Waals surface area contributed by atoms with Gasteiger partial charge < -0.3 is 0 Å². The van der Waals surface area contributed by atoms with E-state index in [-0.39, 0.29) is 36.5 Å². The molecule has 4 unspecified atom stereocenters. The van der Waals surface area contributed by atoms with E-state index < -0.39 is 27.9 Å². The second-order valence-corrected chi connectivity index (χ2v) is 38.8. The summed E-state index contributed by atoms with van der Waals surface area (Å²) in [6, 6.07) is 22.2. The predicted octanol–water partition coefficient (Wildman–Crippen LogP) is 13.6. The first-order valence-electron chi connectivity index (χ1n) is 21.4. The molecule has 0 saturated carbocycles. The summed E-state index contributed by atoms with van der Waals surface area (Å²) >= 11 is -6.11. The number of halogens is 2. The van der Waals surface area contributed by atoms with Gasteiger partial charge in [0, 0.05) is 0 Å². The normalized spacial score (nSPS) is 17.7. The van der Waals surface area contributed by atoms with Crippen LogP contribution in [0, 0.1) is 53.4 Å². The summed E-state index contributed by atoms with van der Waals surface area (Å²) in [5, 5.41) is 6.66. The van der Waals surface area contributed by atoms with Crippen LogP contribution in [0.25, 0.3) is 34.4 Å². The number of allylic oxidation sites excluding steroid dienone is 2. The summed E-state index contributed by atoms with van der Waals surface area (Å²) in [6.45, 7) is 25.7. The van der Waals surface area contributed by atoms with Crippen LogP contribution in [0.5, 0.6) is 0 Å². The summed E-state index contributed by atoms with van der Waals surface area (Å²) in [5.74, 6) is -0.133. The molecule has 4 aromatic rings. The van der Waals surface area contributed by atoms with Gasteiger partial charge in [-0.2, -0.15) is 0 Å². The van der Waals surface area contributed by atoms with E-state index in [2.05, 4.69) is 153 Å². The Morgan fingerprint density at radius 1 is 0.621 bits per heavy atom. The molecule has 0 aromatic heterocycles. The molecule has 58 heavy (non-hydrogen) atoms. The van der Waals surface area contributed by atoms with E-state index in [0.717, 1.165) is 46.2 Å². The average Bonchev–Trinajstić information content (AvgIpc) is 3.81. The van der Waals surface area contributed by atoms with Crippen LogP contribution < -0.4 is 10.5 Å². The van der Waals surface area contributed by atoms with Gasteiger partial charge in [0.2, 0.25) is 0 Å². The zero-order valence-electron chi connectivity index (χ0n) is 36.7. The summed E-state index contributed by atoms with van der Waals surface area (Å²) in [4.78, 5) is 27.7. The molecule has 4 atom stereocenters. The predicted molar refractivity (Wildman–Crippen MR) is 247 cm³/mol. The molecule has 305 valence electrons. The van der Waals surface area contributed by atoms with E-state index in [4.69, 9.17) is 17.0 Å². The molecular formula is C50H62BCl2N2O2Zr. The van der Waals surface area contributed by atoms with Gasteiger partial charge in [-0.3, -0.25) is 0 Å². The number of nitrogens with one attached hydrogen (secondary N) is 2. The number of carbonyl (C=O) groups is 2. The van der Waals surface area contributed by atoms with Gasteiger partial charge in [0.05, 0.1) is 0 Å². The van der Waals surface area contributed by atoms with Crippen molar-refractivity contribution in [1.29, 1.82) is 0 Å². The molecule has 2 aliphatic carbocycles. The Labute approximate surface area is 356 Å². The van der Waals surface area contributed by atoms with Gasteiger partial charge in [0.1, 0.15) is 0 Å². The van der Waals surface area contributed by atoms with Gasteiger partial charge in [0.25, 0.3) is 0 Å². The Morgan fingerprint density at radius 3 is 1.34 bits per heavy atom. The van der Waals surface area contributed by atoms with Crippen LogP contribution in [0.2, 0.25) is 0 Å². The molecule has 0 bridgehead atoms. The van der Waals surface area contributed by atoms with Crippen LogP contribution in [0.15, 0.2) is 71.8 Å². The van der Waals surface area contributed by atoms with Gasteiger partial charge >= 0.3 is 359 Å². The summed E-state index contributed by atoms with van der Waals surface area (Å²) in [5.41, 5.74) is 18.9. The molecule has 4 nitrogen and oxygen atoms in total. The average molecular weight is 896 g/mol. The van der Waals surface area contributed by atoms with E-state index in [1.165, 1.54) is 55.7 Å². The number of carbonyl (C=O) groups excluding carboxylic acids is 2. The topological polar surface area (TPSA) is 58.2 Å². The maximum atomic E-state index is 13.9. The molecule has 2 aliphatic rings. The van der Waals surface area contributed by atoms with Crippen molar-refractivity contribution in [3.05, 3.63) is 127 Å². The zero-order chi connectivity index (χ0) is 42.5. The summed E-state index contributed by atoms with van der Waals surface area (Å²) < 4.78 is -1.81. The molecule has 8 heteroatoms. The monoisotopic (exact) mass is 893 g/mol. The fraction of sp³-hybridized carbons (Fsp3) is 0.400. The standard InChI is InChI=1S/2C22H25.C6H11BN2O2.2ClH.Zr/c2*1-6-15(3)19-12-18-8-7-9-20(22(18)13-19)21-11-14(2)10-16(4)17(21)5;1-3-5(10)8-7-9-6(11)4-2;;;/h2*7-13,15H,6H2,1-5H3;3-4H2,1-2H3,(H-,8,9,10,11);2*1H;/q;;;;;+1/p-1. The van der Waals surface area contributed by atoms with Crippen molar-refractivity contribution in [3.8, 4) is 22.3 Å². The first kappa shape index (κ1) is 44.4. The van der Waals surface area contributed by atoms with E-state index in [0.29, 0.717) is 0 Å². The summed E-state index contributed by atoms with van der Waals surface area (Å²) in [7, 11) is 18.1. The molecule has 0 fully saturated rings. The Balaban J connectivity index is 1.77. The van der Waals surface area contributed by atoms with Gasteiger partial charge in [-0.25, -0.2) is 0 Å². The molecule has 4 aromatic carbocycles. The van der Waals surface area contributed by atoms with Gasteiger partial charge in [-0.05, 0) is 0 Å². The number of amides is 2. The number of rotatable bonds is 13.